The van der Waals surface area contributed by atoms with Crippen LogP contribution in [0.25, 0.3) is 0 Å². The van der Waals surface area contributed by atoms with E-state index >= 15 is 0 Å². The van der Waals surface area contributed by atoms with E-state index in [0.717, 1.165) is 48.6 Å². The summed E-state index contributed by atoms with van der Waals surface area (Å²) >= 11 is 6.80. The first-order valence-corrected chi connectivity index (χ1v) is 24.6. The molecule has 2 heterocycles. The van der Waals surface area contributed by atoms with E-state index in [1.54, 1.807) is 0 Å². The molecular formula is C38H56Br2N6Pd-2. The molecule has 47 heavy (non-hydrogen) atoms. The Balaban J connectivity index is 0.000000197. The van der Waals surface area contributed by atoms with Gasteiger partial charge in [0.1, 0.15) is 0 Å². The van der Waals surface area contributed by atoms with Gasteiger partial charge < -0.3 is 19.8 Å². The van der Waals surface area contributed by atoms with Gasteiger partial charge in [-0.1, -0.05) is 115 Å². The van der Waals surface area contributed by atoms with Gasteiger partial charge in [-0.15, -0.1) is 13.3 Å². The Morgan fingerprint density at radius 2 is 1.02 bits per heavy atom. The van der Waals surface area contributed by atoms with Crippen LogP contribution in [0, 0.1) is 48.8 Å². The average molecular weight is 863 g/mol. The zero-order chi connectivity index (χ0) is 33.8. The molecule has 2 aromatic rings. The van der Waals surface area contributed by atoms with E-state index < -0.39 is 0 Å². The molecule has 0 amide bonds. The van der Waals surface area contributed by atoms with Gasteiger partial charge in [0.25, 0.3) is 0 Å². The molecule has 0 saturated heterocycles. The monoisotopic (exact) mass is 860 g/mol. The average Bonchev–Trinajstić information content (AvgIpc) is 3.72. The van der Waals surface area contributed by atoms with Gasteiger partial charge in [0.2, 0.25) is 0 Å². The summed E-state index contributed by atoms with van der Waals surface area (Å²) < 4.78 is 0. The molecule has 264 valence electrons. The van der Waals surface area contributed by atoms with Gasteiger partial charge in [-0.2, -0.15) is 0 Å². The van der Waals surface area contributed by atoms with Crippen molar-refractivity contribution in [1.29, 1.82) is 0 Å². The van der Waals surface area contributed by atoms with E-state index in [0.29, 0.717) is 26.0 Å². The molecule has 2 fully saturated rings. The number of rotatable bonds is 8. The van der Waals surface area contributed by atoms with Crippen LogP contribution in [0.2, 0.25) is 0 Å². The molecule has 2 saturated carbocycles. The van der Waals surface area contributed by atoms with Crippen molar-refractivity contribution in [3.63, 3.8) is 0 Å². The second kappa shape index (κ2) is 19.7. The fourth-order valence-corrected chi connectivity index (χ4v) is 7.68. The van der Waals surface area contributed by atoms with Crippen molar-refractivity contribution in [2.75, 3.05) is 0 Å². The zero-order valence-electron chi connectivity index (χ0n) is 29.1. The summed E-state index contributed by atoms with van der Waals surface area (Å²) in [5, 5.41) is 13.8. The second-order valence-electron chi connectivity index (χ2n) is 14.6. The van der Waals surface area contributed by atoms with Crippen molar-refractivity contribution in [3.8, 4) is 0 Å². The molecule has 2 aliphatic carbocycles. The van der Waals surface area contributed by atoms with Gasteiger partial charge in [-0.3, -0.25) is 0 Å². The first-order valence-electron chi connectivity index (χ1n) is 17.4. The molecule has 6 atom stereocenters. The number of hydrogen-bond acceptors (Lipinski definition) is 6. The Morgan fingerprint density at radius 1 is 0.660 bits per heavy atom. The van der Waals surface area contributed by atoms with Crippen LogP contribution in [0.15, 0.2) is 70.9 Å². The standard InChI is InChI=1S/2C19H28N3.2BrH.Pd/c2*1-15(2)18-10-9-16(3)11-19(18)22-14-21(13-20-22)12-17-7-5-4-6-8-17;;;/h2*4-8,13-16,18-19H,9-12H2,1-3H3;2*1H;/q2*-1;;;+2/p-2/t16-,18+,19?;16-,18+,19+;;;/m11.../s1. The SMILES string of the molecule is CC(C)[C@@H]1CC[C@@H](C)CC1N1[CH-]N(Cc2ccccc2)C=N1.CC(C)[C@@H]1CC[C@@H](C)C[C@@H]1N1[CH-]N(Cc2ccccc2)C=N1.[Br][Pd][Br]. The molecule has 1 unspecified atom stereocenters. The summed E-state index contributed by atoms with van der Waals surface area (Å²) in [6.45, 7) is 20.4. The molecule has 6 rings (SSSR count). The van der Waals surface area contributed by atoms with Crippen LogP contribution in [-0.2, 0) is 27.0 Å². The Bertz CT molecular complexity index is 1120. The predicted molar refractivity (Wildman–Crippen MR) is 201 cm³/mol. The van der Waals surface area contributed by atoms with E-state index in [-0.39, 0.29) is 0 Å². The van der Waals surface area contributed by atoms with E-state index in [1.165, 1.54) is 49.7 Å². The molecule has 6 nitrogen and oxygen atoms in total. The van der Waals surface area contributed by atoms with Gasteiger partial charge in [0, 0.05) is 25.2 Å². The number of benzene rings is 2. The van der Waals surface area contributed by atoms with Crippen LogP contribution in [0.4, 0.5) is 0 Å². The molecule has 0 radical (unpaired) electrons. The number of hydrogen-bond donors (Lipinski definition) is 0. The van der Waals surface area contributed by atoms with Crippen molar-refractivity contribution in [2.45, 2.75) is 105 Å². The summed E-state index contributed by atoms with van der Waals surface area (Å²) in [4.78, 5) is 4.40. The second-order valence-corrected chi connectivity index (χ2v) is 21.8. The molecule has 2 aromatic carbocycles. The van der Waals surface area contributed by atoms with E-state index in [1.807, 2.05) is 12.7 Å². The maximum absolute atomic E-state index is 4.68. The van der Waals surface area contributed by atoms with E-state index in [2.05, 4.69) is 172 Å². The first kappa shape index (κ1) is 38.4. The topological polar surface area (TPSA) is 37.7 Å². The van der Waals surface area contributed by atoms with Crippen LogP contribution in [0.1, 0.15) is 91.2 Å². The third-order valence-electron chi connectivity index (χ3n) is 10.3. The molecule has 0 bridgehead atoms. The van der Waals surface area contributed by atoms with Crippen LogP contribution in [-0.4, -0.2) is 44.6 Å². The zero-order valence-corrected chi connectivity index (χ0v) is 33.8. The predicted octanol–water partition coefficient (Wildman–Crippen LogP) is 10.3. The number of halogens is 2. The quantitative estimate of drug-likeness (QED) is 0.196. The maximum atomic E-state index is 4.68. The Morgan fingerprint density at radius 3 is 1.36 bits per heavy atom. The van der Waals surface area contributed by atoms with Gasteiger partial charge in [0.05, 0.1) is 12.7 Å². The minimum absolute atomic E-state index is 0.556. The normalized spacial score (nSPS) is 27.3. The van der Waals surface area contributed by atoms with Gasteiger partial charge in [0.15, 0.2) is 0 Å². The fraction of sp³-hybridized carbons (Fsp3) is 0.579. The van der Waals surface area contributed by atoms with Crippen molar-refractivity contribution < 1.29 is 13.9 Å². The van der Waals surface area contributed by atoms with Crippen LogP contribution in [0.5, 0.6) is 0 Å². The Kier molecular flexibility index (Phi) is 16.1. The fourth-order valence-electron chi connectivity index (χ4n) is 7.68. The third-order valence-corrected chi connectivity index (χ3v) is 10.3. The third kappa shape index (κ3) is 11.9. The van der Waals surface area contributed by atoms with E-state index in [9.17, 15) is 0 Å². The summed E-state index contributed by atoms with van der Waals surface area (Å²) in [6.07, 6.45) is 11.9. The number of nitrogens with zero attached hydrogens (tertiary/aromatic N) is 6. The molecule has 2 aliphatic heterocycles. The molecule has 0 aromatic heterocycles. The molecule has 0 spiro atoms. The summed E-state index contributed by atoms with van der Waals surface area (Å²) in [5.41, 5.74) is 2.65. The molecule has 0 N–H and O–H groups in total. The first-order chi connectivity index (χ1) is 22.7. The van der Waals surface area contributed by atoms with Crippen molar-refractivity contribution in [3.05, 3.63) is 85.1 Å². The van der Waals surface area contributed by atoms with Gasteiger partial charge in [-0.25, -0.2) is 10.2 Å². The van der Waals surface area contributed by atoms with Crippen molar-refractivity contribution >= 4 is 39.5 Å². The van der Waals surface area contributed by atoms with Crippen molar-refractivity contribution in [1.82, 2.24) is 19.8 Å². The Labute approximate surface area is 307 Å². The van der Waals surface area contributed by atoms with Gasteiger partial charge >= 0.3 is 40.8 Å². The van der Waals surface area contributed by atoms with Crippen molar-refractivity contribution in [2.24, 2.45) is 45.7 Å². The number of hydrazone groups is 2. The summed E-state index contributed by atoms with van der Waals surface area (Å²) in [6, 6.07) is 22.3. The van der Waals surface area contributed by atoms with E-state index in [4.69, 9.17) is 0 Å². The molecule has 4 aliphatic rings. The van der Waals surface area contributed by atoms with Gasteiger partial charge in [-0.05, 0) is 72.3 Å². The minimum atomic E-state index is 0.556. The molecular weight excluding hydrogens is 807 g/mol. The van der Waals surface area contributed by atoms with Crippen LogP contribution < -0.4 is 0 Å². The molecule has 9 heteroatoms. The van der Waals surface area contributed by atoms with Crippen LogP contribution >= 0.6 is 26.9 Å². The summed E-state index contributed by atoms with van der Waals surface area (Å²) in [5.74, 6) is 4.58. The van der Waals surface area contributed by atoms with Crippen LogP contribution in [0.3, 0.4) is 0 Å². The Hall–Kier alpha value is -1.40. The summed E-state index contributed by atoms with van der Waals surface area (Å²) in [7, 11) is 0.